The molecule has 0 amide bonds. The highest BCUT2D eigenvalue weighted by molar-refractivity contribution is 5.93. The van der Waals surface area contributed by atoms with Gasteiger partial charge in [-0.1, -0.05) is 24.8 Å². The number of hydrogen-bond acceptors (Lipinski definition) is 3. The lowest BCUT2D eigenvalue weighted by Gasteiger charge is -2.32. The van der Waals surface area contributed by atoms with E-state index in [9.17, 15) is 4.39 Å². The molecule has 2 heterocycles. The first-order valence-electron chi connectivity index (χ1n) is 10.6. The van der Waals surface area contributed by atoms with E-state index in [0.29, 0.717) is 0 Å². The van der Waals surface area contributed by atoms with Crippen molar-refractivity contribution in [3.05, 3.63) is 66.6 Å². The maximum Gasteiger partial charge on any atom is 0.143 e. The number of rotatable bonds is 8. The molecule has 0 saturated carbocycles. The number of aromatic nitrogens is 1. The molecule has 1 fully saturated rings. The van der Waals surface area contributed by atoms with Gasteiger partial charge in [0.2, 0.25) is 0 Å². The Kier molecular flexibility index (Phi) is 6.38. The zero-order valence-corrected chi connectivity index (χ0v) is 17.5. The standard InChI is InChI=1S/C25H29FN2O2/c1-3-19-18-28(25-23(19)6-4-7-24(25)29-2)15-5-14-27-16-12-22(13-17-27)30-21-10-8-20(26)9-11-21/h3-4,6-11,18,22H,1,5,12-17H2,2H3. The molecular formula is C25H29FN2O2. The average molecular weight is 409 g/mol. The van der Waals surface area contributed by atoms with Crippen LogP contribution in [0.1, 0.15) is 24.8 Å². The summed E-state index contributed by atoms with van der Waals surface area (Å²) in [6, 6.07) is 12.5. The lowest BCUT2D eigenvalue weighted by atomic mass is 10.1. The third-order valence-corrected chi connectivity index (χ3v) is 5.86. The van der Waals surface area contributed by atoms with Gasteiger partial charge in [-0.15, -0.1) is 0 Å². The molecule has 1 aromatic heterocycles. The van der Waals surface area contributed by atoms with Crippen LogP contribution in [0, 0.1) is 5.82 Å². The minimum atomic E-state index is -0.231. The number of methoxy groups -OCH3 is 1. The number of nitrogens with zero attached hydrogens (tertiary/aromatic N) is 2. The van der Waals surface area contributed by atoms with E-state index in [4.69, 9.17) is 9.47 Å². The van der Waals surface area contributed by atoms with E-state index in [2.05, 4.69) is 28.3 Å². The normalized spacial score (nSPS) is 15.4. The molecule has 5 heteroatoms. The number of para-hydroxylation sites is 1. The molecule has 1 aliphatic heterocycles. The second-order valence-electron chi connectivity index (χ2n) is 7.80. The molecule has 4 rings (SSSR count). The van der Waals surface area contributed by atoms with Gasteiger partial charge in [-0.05, 0) is 61.7 Å². The van der Waals surface area contributed by atoms with E-state index in [1.54, 1.807) is 19.2 Å². The van der Waals surface area contributed by atoms with Crippen LogP contribution in [0.4, 0.5) is 4.39 Å². The maximum atomic E-state index is 13.0. The summed E-state index contributed by atoms with van der Waals surface area (Å²) >= 11 is 0. The lowest BCUT2D eigenvalue weighted by molar-refractivity contribution is 0.0992. The molecule has 4 nitrogen and oxygen atoms in total. The van der Waals surface area contributed by atoms with Crippen molar-refractivity contribution < 1.29 is 13.9 Å². The highest BCUT2D eigenvalue weighted by Gasteiger charge is 2.20. The number of fused-ring (bicyclic) bond motifs is 1. The highest BCUT2D eigenvalue weighted by atomic mass is 19.1. The fraction of sp³-hybridized carbons (Fsp3) is 0.360. The molecule has 0 radical (unpaired) electrons. The first-order valence-corrected chi connectivity index (χ1v) is 10.6. The van der Waals surface area contributed by atoms with E-state index in [0.717, 1.165) is 68.0 Å². The first kappa shape index (κ1) is 20.5. The predicted molar refractivity (Wildman–Crippen MR) is 120 cm³/mol. The summed E-state index contributed by atoms with van der Waals surface area (Å²) in [4.78, 5) is 2.50. The Morgan fingerprint density at radius 2 is 1.87 bits per heavy atom. The first-order chi connectivity index (χ1) is 14.7. The predicted octanol–water partition coefficient (Wildman–Crippen LogP) is 5.37. The Balaban J connectivity index is 1.29. The lowest BCUT2D eigenvalue weighted by Crippen LogP contribution is -2.38. The van der Waals surface area contributed by atoms with E-state index in [-0.39, 0.29) is 11.9 Å². The second kappa shape index (κ2) is 9.35. The number of likely N-dealkylation sites (tertiary alicyclic amines) is 1. The van der Waals surface area contributed by atoms with Crippen molar-refractivity contribution in [3.8, 4) is 11.5 Å². The average Bonchev–Trinajstić information content (AvgIpc) is 3.14. The molecule has 1 aliphatic rings. The van der Waals surface area contributed by atoms with Gasteiger partial charge in [0.1, 0.15) is 23.4 Å². The molecule has 30 heavy (non-hydrogen) atoms. The summed E-state index contributed by atoms with van der Waals surface area (Å²) in [5.41, 5.74) is 2.28. The van der Waals surface area contributed by atoms with E-state index in [1.807, 2.05) is 18.2 Å². The van der Waals surface area contributed by atoms with Gasteiger partial charge >= 0.3 is 0 Å². The molecule has 3 aromatic rings. The second-order valence-corrected chi connectivity index (χ2v) is 7.80. The number of hydrogen-bond donors (Lipinski definition) is 0. The molecule has 0 N–H and O–H groups in total. The monoisotopic (exact) mass is 408 g/mol. The molecule has 0 unspecified atom stereocenters. The Bertz CT molecular complexity index is 988. The fourth-order valence-corrected chi connectivity index (χ4v) is 4.28. The molecule has 1 saturated heterocycles. The van der Waals surface area contributed by atoms with Gasteiger partial charge in [-0.2, -0.15) is 0 Å². The van der Waals surface area contributed by atoms with Gasteiger partial charge in [0, 0.05) is 31.2 Å². The fourth-order valence-electron chi connectivity index (χ4n) is 4.28. The molecule has 0 aliphatic carbocycles. The van der Waals surface area contributed by atoms with Crippen LogP contribution in [0.5, 0.6) is 11.5 Å². The van der Waals surface area contributed by atoms with Gasteiger partial charge in [-0.3, -0.25) is 0 Å². The Labute approximate surface area is 177 Å². The van der Waals surface area contributed by atoms with Crippen molar-refractivity contribution in [2.45, 2.75) is 31.9 Å². The summed E-state index contributed by atoms with van der Waals surface area (Å²) in [6.07, 6.45) is 7.35. The quantitative estimate of drug-likeness (QED) is 0.502. The van der Waals surface area contributed by atoms with Crippen LogP contribution in [0.2, 0.25) is 0 Å². The SMILES string of the molecule is C=Cc1cn(CCCN2CCC(Oc3ccc(F)cc3)CC2)c2c(OC)cccc12. The van der Waals surface area contributed by atoms with Crippen molar-refractivity contribution in [2.75, 3.05) is 26.7 Å². The Morgan fingerprint density at radius 1 is 1.10 bits per heavy atom. The van der Waals surface area contributed by atoms with E-state index < -0.39 is 0 Å². The van der Waals surface area contributed by atoms with Crippen LogP contribution in [-0.4, -0.2) is 42.3 Å². The third kappa shape index (κ3) is 4.51. The van der Waals surface area contributed by atoms with Crippen molar-refractivity contribution in [1.29, 1.82) is 0 Å². The number of benzene rings is 2. The molecule has 2 aromatic carbocycles. The third-order valence-electron chi connectivity index (χ3n) is 5.86. The molecule has 0 bridgehead atoms. The zero-order chi connectivity index (χ0) is 20.9. The molecule has 0 spiro atoms. The largest absolute Gasteiger partial charge is 0.495 e. The minimum Gasteiger partial charge on any atom is -0.495 e. The van der Waals surface area contributed by atoms with Crippen molar-refractivity contribution >= 4 is 17.0 Å². The van der Waals surface area contributed by atoms with Gasteiger partial charge in [0.25, 0.3) is 0 Å². The summed E-state index contributed by atoms with van der Waals surface area (Å²) < 4.78 is 26.9. The number of piperidine rings is 1. The Hall–Kier alpha value is -2.79. The summed E-state index contributed by atoms with van der Waals surface area (Å²) in [5, 5.41) is 1.18. The van der Waals surface area contributed by atoms with Crippen LogP contribution in [-0.2, 0) is 6.54 Å². The van der Waals surface area contributed by atoms with E-state index >= 15 is 0 Å². The smallest absolute Gasteiger partial charge is 0.143 e. The van der Waals surface area contributed by atoms with Crippen LogP contribution in [0.15, 0.2) is 55.2 Å². The van der Waals surface area contributed by atoms with E-state index in [1.165, 1.54) is 17.5 Å². The van der Waals surface area contributed by atoms with Crippen molar-refractivity contribution in [2.24, 2.45) is 0 Å². The van der Waals surface area contributed by atoms with Crippen molar-refractivity contribution in [3.63, 3.8) is 0 Å². The number of ether oxygens (including phenoxy) is 2. The Morgan fingerprint density at radius 3 is 2.57 bits per heavy atom. The summed E-state index contributed by atoms with van der Waals surface area (Å²) in [7, 11) is 1.72. The van der Waals surface area contributed by atoms with Crippen LogP contribution < -0.4 is 9.47 Å². The highest BCUT2D eigenvalue weighted by Crippen LogP contribution is 2.30. The summed E-state index contributed by atoms with van der Waals surface area (Å²) in [6.45, 7) is 8.00. The topological polar surface area (TPSA) is 26.6 Å². The molecular weight excluding hydrogens is 379 g/mol. The van der Waals surface area contributed by atoms with Gasteiger partial charge in [-0.25, -0.2) is 4.39 Å². The number of halogens is 1. The van der Waals surface area contributed by atoms with Gasteiger partial charge in [0.15, 0.2) is 0 Å². The minimum absolute atomic E-state index is 0.208. The van der Waals surface area contributed by atoms with Crippen LogP contribution in [0.3, 0.4) is 0 Å². The molecule has 0 atom stereocenters. The van der Waals surface area contributed by atoms with Crippen LogP contribution in [0.25, 0.3) is 17.0 Å². The summed E-state index contributed by atoms with van der Waals surface area (Å²) in [5.74, 6) is 1.42. The van der Waals surface area contributed by atoms with Gasteiger partial charge < -0.3 is 18.9 Å². The van der Waals surface area contributed by atoms with Gasteiger partial charge in [0.05, 0.1) is 12.6 Å². The zero-order valence-electron chi connectivity index (χ0n) is 17.5. The molecule has 158 valence electrons. The maximum absolute atomic E-state index is 13.0. The number of aryl methyl sites for hydroxylation is 1. The van der Waals surface area contributed by atoms with Crippen LogP contribution >= 0.6 is 0 Å². The van der Waals surface area contributed by atoms with Crippen molar-refractivity contribution in [1.82, 2.24) is 9.47 Å².